The van der Waals surface area contributed by atoms with E-state index in [0.717, 1.165) is 19.3 Å². The zero-order valence-electron chi connectivity index (χ0n) is 14.7. The molecule has 2 aromatic carbocycles. The molecule has 1 unspecified atom stereocenters. The monoisotopic (exact) mass is 353 g/mol. The molecule has 2 nitrogen and oxygen atoms in total. The van der Waals surface area contributed by atoms with Crippen LogP contribution in [0.2, 0.25) is 5.02 Å². The Morgan fingerprint density at radius 1 is 1.08 bits per heavy atom. The molecule has 0 radical (unpaired) electrons. The lowest BCUT2D eigenvalue weighted by atomic mass is 9.83. The average Bonchev–Trinajstić information content (AvgIpc) is 3.04. The van der Waals surface area contributed by atoms with E-state index in [1.807, 2.05) is 24.3 Å². The normalized spacial score (nSPS) is 21.8. The molecular weight excluding hydrogens is 330 g/mol. The van der Waals surface area contributed by atoms with E-state index in [0.29, 0.717) is 23.0 Å². The van der Waals surface area contributed by atoms with Gasteiger partial charge in [0.05, 0.1) is 10.6 Å². The van der Waals surface area contributed by atoms with Crippen molar-refractivity contribution in [2.45, 2.75) is 57.0 Å². The number of benzene rings is 2. The van der Waals surface area contributed by atoms with Crippen LogP contribution in [0.15, 0.2) is 48.5 Å². The van der Waals surface area contributed by atoms with Crippen LogP contribution in [0.3, 0.4) is 0 Å². The Morgan fingerprint density at radius 2 is 1.76 bits per heavy atom. The van der Waals surface area contributed by atoms with Crippen molar-refractivity contribution >= 4 is 17.5 Å². The minimum absolute atomic E-state index is 0.0330. The van der Waals surface area contributed by atoms with Crippen LogP contribution in [0.5, 0.6) is 0 Å². The van der Waals surface area contributed by atoms with Crippen LogP contribution >= 0.6 is 11.6 Å². The Labute approximate surface area is 154 Å². The SMILES string of the molecule is CC1CC2(CCCC2)N(C(=O)c2ccccc2Cl)Cc2ccccc21. The predicted molar refractivity (Wildman–Crippen MR) is 102 cm³/mol. The summed E-state index contributed by atoms with van der Waals surface area (Å²) in [6.07, 6.45) is 5.65. The maximum absolute atomic E-state index is 13.5. The molecule has 1 fully saturated rings. The standard InChI is InChI=1S/C22H24ClNO/c1-16-14-22(12-6-7-13-22)24(15-17-8-2-3-9-18(16)17)21(25)19-10-4-5-11-20(19)23/h2-5,8-11,16H,6-7,12-15H2,1H3. The summed E-state index contributed by atoms with van der Waals surface area (Å²) < 4.78 is 0. The molecule has 2 aliphatic rings. The second-order valence-corrected chi connectivity index (χ2v) is 8.01. The number of nitrogens with zero attached hydrogens (tertiary/aromatic N) is 1. The van der Waals surface area contributed by atoms with Gasteiger partial charge < -0.3 is 4.90 Å². The van der Waals surface area contributed by atoms with Crippen LogP contribution in [0.1, 0.15) is 66.4 Å². The summed E-state index contributed by atoms with van der Waals surface area (Å²) >= 11 is 6.36. The van der Waals surface area contributed by atoms with Gasteiger partial charge in [-0.2, -0.15) is 0 Å². The molecule has 0 saturated heterocycles. The first-order chi connectivity index (χ1) is 12.1. The molecule has 0 bridgehead atoms. The number of hydrogen-bond acceptors (Lipinski definition) is 1. The Bertz CT molecular complexity index is 794. The molecule has 1 heterocycles. The van der Waals surface area contributed by atoms with Gasteiger partial charge in [-0.1, -0.05) is 67.8 Å². The van der Waals surface area contributed by atoms with Crippen molar-refractivity contribution in [3.63, 3.8) is 0 Å². The lowest BCUT2D eigenvalue weighted by Gasteiger charge is -2.41. The van der Waals surface area contributed by atoms with Crippen molar-refractivity contribution in [1.29, 1.82) is 0 Å². The van der Waals surface area contributed by atoms with Gasteiger partial charge in [-0.15, -0.1) is 0 Å². The first kappa shape index (κ1) is 16.7. The van der Waals surface area contributed by atoms with Gasteiger partial charge >= 0.3 is 0 Å². The molecule has 2 aromatic rings. The fourth-order valence-corrected chi connectivity index (χ4v) is 5.08. The van der Waals surface area contributed by atoms with Crippen molar-refractivity contribution in [3.05, 3.63) is 70.2 Å². The van der Waals surface area contributed by atoms with Gasteiger partial charge in [0.15, 0.2) is 0 Å². The number of carbonyl (C=O) groups is 1. The quantitative estimate of drug-likeness (QED) is 0.634. The van der Waals surface area contributed by atoms with Crippen molar-refractivity contribution in [3.8, 4) is 0 Å². The minimum Gasteiger partial charge on any atom is -0.329 e. The topological polar surface area (TPSA) is 20.3 Å². The molecule has 4 rings (SSSR count). The number of halogens is 1. The lowest BCUT2D eigenvalue weighted by Crippen LogP contribution is -2.49. The maximum Gasteiger partial charge on any atom is 0.256 e. The molecule has 1 aliphatic heterocycles. The van der Waals surface area contributed by atoms with Gasteiger partial charge in [0.1, 0.15) is 0 Å². The van der Waals surface area contributed by atoms with Gasteiger partial charge in [-0.05, 0) is 48.4 Å². The molecule has 0 aromatic heterocycles. The summed E-state index contributed by atoms with van der Waals surface area (Å²) in [5.41, 5.74) is 3.26. The molecule has 0 N–H and O–H groups in total. The van der Waals surface area contributed by atoms with E-state index < -0.39 is 0 Å². The van der Waals surface area contributed by atoms with E-state index in [4.69, 9.17) is 11.6 Å². The number of amides is 1. The van der Waals surface area contributed by atoms with Crippen molar-refractivity contribution in [1.82, 2.24) is 4.90 Å². The number of hydrogen-bond donors (Lipinski definition) is 0. The second-order valence-electron chi connectivity index (χ2n) is 7.61. The van der Waals surface area contributed by atoms with E-state index >= 15 is 0 Å². The van der Waals surface area contributed by atoms with E-state index in [1.165, 1.54) is 24.0 Å². The molecule has 1 spiro atoms. The summed E-state index contributed by atoms with van der Waals surface area (Å²) in [5, 5.41) is 0.547. The van der Waals surface area contributed by atoms with Gasteiger partial charge in [-0.25, -0.2) is 0 Å². The lowest BCUT2D eigenvalue weighted by molar-refractivity contribution is 0.0426. The number of carbonyl (C=O) groups excluding carboxylic acids is 1. The predicted octanol–water partition coefficient (Wildman–Crippen LogP) is 5.80. The summed E-state index contributed by atoms with van der Waals surface area (Å²) in [6, 6.07) is 16.0. The average molecular weight is 354 g/mol. The van der Waals surface area contributed by atoms with Gasteiger partial charge in [0, 0.05) is 12.1 Å². The zero-order chi connectivity index (χ0) is 17.4. The van der Waals surface area contributed by atoms with Crippen LogP contribution < -0.4 is 0 Å². The Morgan fingerprint density at radius 3 is 2.52 bits per heavy atom. The van der Waals surface area contributed by atoms with Gasteiger partial charge in [0.25, 0.3) is 5.91 Å². The minimum atomic E-state index is -0.0330. The highest BCUT2D eigenvalue weighted by molar-refractivity contribution is 6.33. The fraction of sp³-hybridized carbons (Fsp3) is 0.409. The molecule has 3 heteroatoms. The Balaban J connectivity index is 1.80. The highest BCUT2D eigenvalue weighted by Crippen LogP contribution is 2.46. The highest BCUT2D eigenvalue weighted by Gasteiger charge is 2.45. The van der Waals surface area contributed by atoms with Crippen molar-refractivity contribution < 1.29 is 4.79 Å². The van der Waals surface area contributed by atoms with Crippen LogP contribution in [0, 0.1) is 0 Å². The van der Waals surface area contributed by atoms with Crippen molar-refractivity contribution in [2.75, 3.05) is 0 Å². The third-order valence-corrected chi connectivity index (χ3v) is 6.39. The molecule has 1 saturated carbocycles. The molecular formula is C22H24ClNO. The van der Waals surface area contributed by atoms with Gasteiger partial charge in [-0.3, -0.25) is 4.79 Å². The van der Waals surface area contributed by atoms with E-state index in [2.05, 4.69) is 36.1 Å². The third-order valence-electron chi connectivity index (χ3n) is 6.06. The smallest absolute Gasteiger partial charge is 0.256 e. The number of fused-ring (bicyclic) bond motifs is 1. The first-order valence-corrected chi connectivity index (χ1v) is 9.63. The van der Waals surface area contributed by atoms with Crippen LogP contribution in [-0.2, 0) is 6.54 Å². The highest BCUT2D eigenvalue weighted by atomic mass is 35.5. The molecule has 1 aliphatic carbocycles. The van der Waals surface area contributed by atoms with E-state index in [-0.39, 0.29) is 11.4 Å². The summed E-state index contributed by atoms with van der Waals surface area (Å²) in [4.78, 5) is 15.6. The molecule has 1 amide bonds. The van der Waals surface area contributed by atoms with Crippen LogP contribution in [-0.4, -0.2) is 16.3 Å². The van der Waals surface area contributed by atoms with Crippen LogP contribution in [0.25, 0.3) is 0 Å². The van der Waals surface area contributed by atoms with E-state index in [9.17, 15) is 4.79 Å². The first-order valence-electron chi connectivity index (χ1n) is 9.25. The number of rotatable bonds is 1. The summed E-state index contributed by atoms with van der Waals surface area (Å²) in [5.74, 6) is 0.551. The largest absolute Gasteiger partial charge is 0.329 e. The Hall–Kier alpha value is -1.80. The van der Waals surface area contributed by atoms with Crippen LogP contribution in [0.4, 0.5) is 0 Å². The van der Waals surface area contributed by atoms with Crippen molar-refractivity contribution in [2.24, 2.45) is 0 Å². The fourth-order valence-electron chi connectivity index (χ4n) is 4.86. The second kappa shape index (κ2) is 6.49. The molecule has 130 valence electrons. The zero-order valence-corrected chi connectivity index (χ0v) is 15.4. The molecule has 1 atom stereocenters. The third kappa shape index (κ3) is 2.87. The Kier molecular flexibility index (Phi) is 4.33. The summed E-state index contributed by atoms with van der Waals surface area (Å²) in [7, 11) is 0. The van der Waals surface area contributed by atoms with Gasteiger partial charge in [0.2, 0.25) is 0 Å². The maximum atomic E-state index is 13.5. The summed E-state index contributed by atoms with van der Waals surface area (Å²) in [6.45, 7) is 2.99. The molecule has 25 heavy (non-hydrogen) atoms. The van der Waals surface area contributed by atoms with E-state index in [1.54, 1.807) is 0 Å².